The fourth-order valence-electron chi connectivity index (χ4n) is 1.41. The van der Waals surface area contributed by atoms with Gasteiger partial charge in [0.2, 0.25) is 0 Å². The quantitative estimate of drug-likeness (QED) is 0.656. The van der Waals surface area contributed by atoms with Crippen molar-refractivity contribution in [3.63, 3.8) is 0 Å². The molecule has 0 fully saturated rings. The third-order valence-corrected chi connectivity index (χ3v) is 2.88. The second-order valence-corrected chi connectivity index (χ2v) is 4.87. The smallest absolute Gasteiger partial charge is 0.328 e. The molecule has 0 aliphatic carbocycles. The molecule has 0 heterocycles. The second-order valence-electron chi connectivity index (χ2n) is 3.96. The van der Waals surface area contributed by atoms with E-state index in [0.717, 1.165) is 0 Å². The molecule has 0 saturated carbocycles. The zero-order chi connectivity index (χ0) is 15.3. The number of benzene rings is 1. The number of anilines is 1. The lowest BCUT2D eigenvalue weighted by Gasteiger charge is -2.17. The molecule has 20 heavy (non-hydrogen) atoms. The molecule has 0 bridgehead atoms. The molecule has 1 aromatic carbocycles. The Hall–Kier alpha value is -2.11. The van der Waals surface area contributed by atoms with Gasteiger partial charge in [-0.05, 0) is 25.1 Å². The van der Waals surface area contributed by atoms with Crippen LogP contribution >= 0.6 is 15.9 Å². The lowest BCUT2D eigenvalue weighted by Crippen LogP contribution is -2.49. The summed E-state index contributed by atoms with van der Waals surface area (Å²) in [6.45, 7) is 1.25. The molecule has 4 N–H and O–H groups in total. The molecule has 0 aliphatic rings. The van der Waals surface area contributed by atoms with Crippen LogP contribution in [0.25, 0.3) is 0 Å². The van der Waals surface area contributed by atoms with Crippen LogP contribution in [0.3, 0.4) is 0 Å². The first-order valence-electron chi connectivity index (χ1n) is 5.53. The molecule has 2 amide bonds. The second kappa shape index (κ2) is 6.88. The van der Waals surface area contributed by atoms with Crippen LogP contribution in [0.2, 0.25) is 0 Å². The van der Waals surface area contributed by atoms with Gasteiger partial charge in [0.15, 0.2) is 6.04 Å². The number of carboxylic acid groups (broad SMARTS) is 1. The number of amides is 2. The van der Waals surface area contributed by atoms with E-state index >= 15 is 0 Å². The number of urea groups is 1. The lowest BCUT2D eigenvalue weighted by molar-refractivity contribution is -0.141. The number of halogens is 1. The normalized spacial score (nSPS) is 12.9. The van der Waals surface area contributed by atoms with Crippen LogP contribution in [-0.4, -0.2) is 34.4 Å². The molecule has 0 spiro atoms. The molecule has 106 valence electrons. The summed E-state index contributed by atoms with van der Waals surface area (Å²) in [7, 11) is 0. The Labute approximate surface area is 123 Å². The molecule has 0 aromatic heterocycles. The summed E-state index contributed by atoms with van der Waals surface area (Å²) in [5.74, 6) is -1.36. The van der Waals surface area contributed by atoms with Gasteiger partial charge in [-0.2, -0.15) is 5.26 Å². The number of carboxylic acids is 1. The van der Waals surface area contributed by atoms with Crippen molar-refractivity contribution in [1.82, 2.24) is 5.32 Å². The van der Waals surface area contributed by atoms with Crippen molar-refractivity contribution in [2.24, 2.45) is 0 Å². The predicted molar refractivity (Wildman–Crippen MR) is 74.1 cm³/mol. The molecular weight excluding hydrogens is 330 g/mol. The highest BCUT2D eigenvalue weighted by Gasteiger charge is 2.25. The molecule has 8 heteroatoms. The summed E-state index contributed by atoms with van der Waals surface area (Å²) >= 11 is 3.20. The Morgan fingerprint density at radius 2 is 2.10 bits per heavy atom. The molecular formula is C12H12BrN3O4. The lowest BCUT2D eigenvalue weighted by atomic mass is 10.2. The van der Waals surface area contributed by atoms with Crippen molar-refractivity contribution in [3.05, 3.63) is 28.2 Å². The van der Waals surface area contributed by atoms with Gasteiger partial charge in [0.25, 0.3) is 0 Å². The summed E-state index contributed by atoms with van der Waals surface area (Å²) in [5, 5.41) is 31.5. The number of carbonyl (C=O) groups is 2. The summed E-state index contributed by atoms with van der Waals surface area (Å²) in [4.78, 5) is 22.5. The van der Waals surface area contributed by atoms with Gasteiger partial charge in [-0.1, -0.05) is 15.9 Å². The van der Waals surface area contributed by atoms with Crippen molar-refractivity contribution in [3.8, 4) is 6.07 Å². The van der Waals surface area contributed by atoms with E-state index < -0.39 is 24.1 Å². The van der Waals surface area contributed by atoms with Crippen LogP contribution in [0.1, 0.15) is 12.5 Å². The van der Waals surface area contributed by atoms with E-state index in [-0.39, 0.29) is 11.3 Å². The van der Waals surface area contributed by atoms with Gasteiger partial charge >= 0.3 is 12.0 Å². The summed E-state index contributed by atoms with van der Waals surface area (Å²) < 4.78 is 0.650. The number of nitriles is 1. The molecule has 2 atom stereocenters. The largest absolute Gasteiger partial charge is 0.480 e. The summed E-state index contributed by atoms with van der Waals surface area (Å²) in [5.41, 5.74) is 0.460. The first-order valence-corrected chi connectivity index (χ1v) is 6.32. The molecule has 7 nitrogen and oxygen atoms in total. The average molecular weight is 342 g/mol. The van der Waals surface area contributed by atoms with Crippen molar-refractivity contribution < 1.29 is 19.8 Å². The van der Waals surface area contributed by atoms with E-state index in [1.54, 1.807) is 6.07 Å². The van der Waals surface area contributed by atoms with Crippen LogP contribution in [0.5, 0.6) is 0 Å². The minimum atomic E-state index is -1.44. The van der Waals surface area contributed by atoms with Crippen LogP contribution in [0, 0.1) is 11.3 Å². The monoisotopic (exact) mass is 341 g/mol. The first kappa shape index (κ1) is 15.9. The zero-order valence-electron chi connectivity index (χ0n) is 10.4. The van der Waals surface area contributed by atoms with Crippen LogP contribution in [0.15, 0.2) is 22.7 Å². The maximum Gasteiger partial charge on any atom is 0.328 e. The number of nitrogens with one attached hydrogen (secondary N) is 2. The number of carbonyl (C=O) groups excluding carboxylic acids is 1. The Morgan fingerprint density at radius 1 is 1.45 bits per heavy atom. The zero-order valence-corrected chi connectivity index (χ0v) is 12.0. The topological polar surface area (TPSA) is 122 Å². The molecule has 0 aliphatic heterocycles. The van der Waals surface area contributed by atoms with Gasteiger partial charge < -0.3 is 20.8 Å². The SMILES string of the molecule is CC(O)C(NC(=O)Nc1cc(Br)ccc1C#N)C(=O)O. The van der Waals surface area contributed by atoms with Gasteiger partial charge in [0, 0.05) is 4.47 Å². The number of nitrogens with zero attached hydrogens (tertiary/aromatic N) is 1. The Bertz CT molecular complexity index is 568. The van der Waals surface area contributed by atoms with Gasteiger partial charge in [-0.3, -0.25) is 0 Å². The highest BCUT2D eigenvalue weighted by Crippen LogP contribution is 2.20. The third-order valence-electron chi connectivity index (χ3n) is 2.39. The number of rotatable bonds is 4. The highest BCUT2D eigenvalue weighted by atomic mass is 79.9. The predicted octanol–water partition coefficient (Wildman–Crippen LogP) is 1.28. The number of aliphatic hydroxyl groups is 1. The Kier molecular flexibility index (Phi) is 5.49. The molecule has 0 radical (unpaired) electrons. The number of aliphatic carboxylic acids is 1. The van der Waals surface area contributed by atoms with Crippen LogP contribution in [0.4, 0.5) is 10.5 Å². The first-order chi connectivity index (χ1) is 9.35. The number of aliphatic hydroxyl groups excluding tert-OH is 1. The molecule has 2 unspecified atom stereocenters. The summed E-state index contributed by atoms with van der Waals surface area (Å²) in [6.07, 6.45) is -1.25. The molecule has 1 rings (SSSR count). The van der Waals surface area contributed by atoms with Crippen LogP contribution < -0.4 is 10.6 Å². The fraction of sp³-hybridized carbons (Fsp3) is 0.250. The van der Waals surface area contributed by atoms with Crippen molar-refractivity contribution in [2.45, 2.75) is 19.1 Å². The van der Waals surface area contributed by atoms with E-state index in [9.17, 15) is 14.7 Å². The van der Waals surface area contributed by atoms with E-state index in [1.165, 1.54) is 19.1 Å². The molecule has 0 saturated heterocycles. The number of hydrogen-bond donors (Lipinski definition) is 4. The van der Waals surface area contributed by atoms with E-state index in [4.69, 9.17) is 10.4 Å². The maximum atomic E-state index is 11.7. The van der Waals surface area contributed by atoms with E-state index in [2.05, 4.69) is 26.6 Å². The summed E-state index contributed by atoms with van der Waals surface area (Å²) in [6, 6.07) is 4.28. The van der Waals surface area contributed by atoms with Crippen LogP contribution in [-0.2, 0) is 4.79 Å². The van der Waals surface area contributed by atoms with Crippen molar-refractivity contribution >= 4 is 33.6 Å². The van der Waals surface area contributed by atoms with Crippen molar-refractivity contribution in [1.29, 1.82) is 5.26 Å². The maximum absolute atomic E-state index is 11.7. The van der Waals surface area contributed by atoms with Gasteiger partial charge in [-0.15, -0.1) is 0 Å². The van der Waals surface area contributed by atoms with E-state index in [1.807, 2.05) is 6.07 Å². The third kappa shape index (κ3) is 4.22. The van der Waals surface area contributed by atoms with Gasteiger partial charge in [0.05, 0.1) is 17.4 Å². The minimum Gasteiger partial charge on any atom is -0.480 e. The van der Waals surface area contributed by atoms with E-state index in [0.29, 0.717) is 4.47 Å². The highest BCUT2D eigenvalue weighted by molar-refractivity contribution is 9.10. The van der Waals surface area contributed by atoms with Crippen molar-refractivity contribution in [2.75, 3.05) is 5.32 Å². The van der Waals surface area contributed by atoms with Gasteiger partial charge in [-0.25, -0.2) is 9.59 Å². The standard InChI is InChI=1S/C12H12BrN3O4/c1-6(17)10(11(18)19)16-12(20)15-9-4-8(13)3-2-7(9)5-14/h2-4,6,10,17H,1H3,(H,18,19)(H2,15,16,20). The Morgan fingerprint density at radius 3 is 2.60 bits per heavy atom. The fourth-order valence-corrected chi connectivity index (χ4v) is 1.77. The van der Waals surface area contributed by atoms with Gasteiger partial charge in [0.1, 0.15) is 6.07 Å². The molecule has 1 aromatic rings. The minimum absolute atomic E-state index is 0.229. The average Bonchev–Trinajstić information content (AvgIpc) is 2.35. The Balaban J connectivity index is 2.84. The number of hydrogen-bond acceptors (Lipinski definition) is 4.